The van der Waals surface area contributed by atoms with Crippen molar-refractivity contribution in [2.75, 3.05) is 17.2 Å². The zero-order valence-corrected chi connectivity index (χ0v) is 13.3. The minimum atomic E-state index is -5.05. The predicted octanol–water partition coefficient (Wildman–Crippen LogP) is 2.56. The van der Waals surface area contributed by atoms with Crippen molar-refractivity contribution in [1.82, 2.24) is 5.32 Å². The molecule has 0 aliphatic heterocycles. The summed E-state index contributed by atoms with van der Waals surface area (Å²) in [6.45, 7) is -0.394. The van der Waals surface area contributed by atoms with Gasteiger partial charge in [0.05, 0.1) is 17.9 Å². The molecule has 0 fully saturated rings. The van der Waals surface area contributed by atoms with Gasteiger partial charge in [0.25, 0.3) is 5.91 Å². The lowest BCUT2D eigenvalue weighted by Gasteiger charge is -2.13. The number of nitrogens with one attached hydrogen (secondary N) is 3. The molecule has 0 radical (unpaired) electrons. The Balaban J connectivity index is 1.97. The van der Waals surface area contributed by atoms with Crippen molar-refractivity contribution in [3.05, 3.63) is 60.2 Å². The van der Waals surface area contributed by atoms with Gasteiger partial charge >= 0.3 is 12.1 Å². The second-order valence-electron chi connectivity index (χ2n) is 5.09. The maximum Gasteiger partial charge on any atom is 0.471 e. The molecular weight excluding hydrogens is 351 g/mol. The summed E-state index contributed by atoms with van der Waals surface area (Å²) in [5.74, 6) is -3.29. The van der Waals surface area contributed by atoms with Gasteiger partial charge in [-0.1, -0.05) is 30.3 Å². The third kappa shape index (κ3) is 5.33. The molecule has 0 heterocycles. The van der Waals surface area contributed by atoms with Gasteiger partial charge in [0, 0.05) is 5.56 Å². The number of amides is 3. The monoisotopic (exact) mass is 365 g/mol. The van der Waals surface area contributed by atoms with E-state index in [1.165, 1.54) is 24.3 Å². The Morgan fingerprint density at radius 3 is 1.92 bits per heavy atom. The molecule has 2 rings (SSSR count). The van der Waals surface area contributed by atoms with E-state index in [9.17, 15) is 27.6 Å². The molecule has 9 heteroatoms. The van der Waals surface area contributed by atoms with Crippen LogP contribution < -0.4 is 16.0 Å². The first kappa shape index (κ1) is 19.0. The van der Waals surface area contributed by atoms with E-state index in [4.69, 9.17) is 0 Å². The number of rotatable bonds is 5. The van der Waals surface area contributed by atoms with Gasteiger partial charge in [-0.3, -0.25) is 14.4 Å². The van der Waals surface area contributed by atoms with Crippen molar-refractivity contribution in [1.29, 1.82) is 0 Å². The second-order valence-corrected chi connectivity index (χ2v) is 5.09. The van der Waals surface area contributed by atoms with Crippen LogP contribution in [0, 0.1) is 0 Å². The lowest BCUT2D eigenvalue weighted by atomic mass is 10.2. The van der Waals surface area contributed by atoms with E-state index in [1.807, 2.05) is 0 Å². The van der Waals surface area contributed by atoms with Crippen molar-refractivity contribution in [3.63, 3.8) is 0 Å². The molecule has 6 nitrogen and oxygen atoms in total. The SMILES string of the molecule is O=C(CNC(=O)c1ccccc1)Nc1ccccc1NC(=O)C(F)(F)F. The van der Waals surface area contributed by atoms with Crippen LogP contribution in [-0.2, 0) is 9.59 Å². The maximum atomic E-state index is 12.4. The van der Waals surface area contributed by atoms with Crippen LogP contribution in [0.4, 0.5) is 24.5 Å². The first-order chi connectivity index (χ1) is 12.3. The molecule has 136 valence electrons. The van der Waals surface area contributed by atoms with Crippen LogP contribution in [0.3, 0.4) is 0 Å². The normalized spacial score (nSPS) is 10.7. The van der Waals surface area contributed by atoms with E-state index < -0.39 is 30.4 Å². The van der Waals surface area contributed by atoms with Gasteiger partial charge in [0.2, 0.25) is 5.91 Å². The van der Waals surface area contributed by atoms with Crippen LogP contribution in [0.15, 0.2) is 54.6 Å². The number of carbonyl (C=O) groups is 3. The quantitative estimate of drug-likeness (QED) is 0.761. The summed E-state index contributed by atoms with van der Waals surface area (Å²) in [5, 5.41) is 6.40. The van der Waals surface area contributed by atoms with Gasteiger partial charge in [0.1, 0.15) is 0 Å². The average molecular weight is 365 g/mol. The highest BCUT2D eigenvalue weighted by Crippen LogP contribution is 2.24. The van der Waals surface area contributed by atoms with Gasteiger partial charge in [-0.25, -0.2) is 0 Å². The van der Waals surface area contributed by atoms with Crippen LogP contribution in [0.25, 0.3) is 0 Å². The van der Waals surface area contributed by atoms with Crippen LogP contribution in [0.1, 0.15) is 10.4 Å². The molecule has 0 aliphatic rings. The molecule has 2 aromatic carbocycles. The Bertz CT molecular complexity index is 808. The number of alkyl halides is 3. The highest BCUT2D eigenvalue weighted by Gasteiger charge is 2.39. The number of carbonyl (C=O) groups excluding carboxylic acids is 3. The third-order valence-corrected chi connectivity index (χ3v) is 3.15. The maximum absolute atomic E-state index is 12.4. The van der Waals surface area contributed by atoms with E-state index in [-0.39, 0.29) is 11.4 Å². The van der Waals surface area contributed by atoms with Crippen molar-refractivity contribution in [3.8, 4) is 0 Å². The number of para-hydroxylation sites is 2. The third-order valence-electron chi connectivity index (χ3n) is 3.15. The predicted molar refractivity (Wildman–Crippen MR) is 88.5 cm³/mol. The summed E-state index contributed by atoms with van der Waals surface area (Å²) in [6.07, 6.45) is -5.05. The highest BCUT2D eigenvalue weighted by atomic mass is 19.4. The van der Waals surface area contributed by atoms with Gasteiger partial charge in [-0.05, 0) is 24.3 Å². The molecule has 0 atom stereocenters. The topological polar surface area (TPSA) is 87.3 Å². The average Bonchev–Trinajstić information content (AvgIpc) is 2.61. The van der Waals surface area contributed by atoms with Crippen LogP contribution in [0.5, 0.6) is 0 Å². The Hall–Kier alpha value is -3.36. The largest absolute Gasteiger partial charge is 0.471 e. The molecule has 0 bridgehead atoms. The minimum absolute atomic E-state index is 0.0240. The Labute approximate surface area is 146 Å². The molecule has 26 heavy (non-hydrogen) atoms. The standard InChI is InChI=1S/C17H14F3N3O3/c18-17(19,20)16(26)23-13-9-5-4-8-12(13)22-14(24)10-21-15(25)11-6-2-1-3-7-11/h1-9H,10H2,(H,21,25)(H,22,24)(H,23,26). The van der Waals surface area contributed by atoms with Crippen LogP contribution >= 0.6 is 0 Å². The Morgan fingerprint density at radius 2 is 1.35 bits per heavy atom. The molecular formula is C17H14F3N3O3. The lowest BCUT2D eigenvalue weighted by molar-refractivity contribution is -0.167. The number of halogens is 3. The van der Waals surface area contributed by atoms with E-state index in [0.717, 1.165) is 0 Å². The fourth-order valence-electron chi connectivity index (χ4n) is 1.94. The van der Waals surface area contributed by atoms with Crippen LogP contribution in [0.2, 0.25) is 0 Å². The zero-order valence-electron chi connectivity index (χ0n) is 13.3. The highest BCUT2D eigenvalue weighted by molar-refractivity contribution is 6.03. The fourth-order valence-corrected chi connectivity index (χ4v) is 1.94. The molecule has 3 N–H and O–H groups in total. The summed E-state index contributed by atoms with van der Waals surface area (Å²) < 4.78 is 37.1. The summed E-state index contributed by atoms with van der Waals surface area (Å²) in [4.78, 5) is 34.8. The van der Waals surface area contributed by atoms with E-state index in [1.54, 1.807) is 35.6 Å². The van der Waals surface area contributed by atoms with Crippen molar-refractivity contribution >= 4 is 29.1 Å². The smallest absolute Gasteiger partial charge is 0.343 e. The summed E-state index contributed by atoms with van der Waals surface area (Å²) in [5.41, 5.74) is 0.125. The minimum Gasteiger partial charge on any atom is -0.343 e. The molecule has 0 saturated carbocycles. The van der Waals surface area contributed by atoms with Gasteiger partial charge in [-0.15, -0.1) is 0 Å². The Kier molecular flexibility index (Phi) is 5.94. The van der Waals surface area contributed by atoms with Gasteiger partial charge < -0.3 is 16.0 Å². The molecule has 0 aliphatic carbocycles. The molecule has 2 aromatic rings. The Morgan fingerprint density at radius 1 is 0.808 bits per heavy atom. The fraction of sp³-hybridized carbons (Fsp3) is 0.118. The molecule has 0 spiro atoms. The second kappa shape index (κ2) is 8.15. The number of benzene rings is 2. The van der Waals surface area contributed by atoms with E-state index in [0.29, 0.717) is 5.56 Å². The molecule has 3 amide bonds. The summed E-state index contributed by atoms with van der Waals surface area (Å²) in [6, 6.07) is 13.6. The number of anilines is 2. The number of hydrogen-bond donors (Lipinski definition) is 3. The van der Waals surface area contributed by atoms with Crippen molar-refractivity contribution in [2.45, 2.75) is 6.18 Å². The molecule has 0 saturated heterocycles. The first-order valence-electron chi connectivity index (χ1n) is 7.37. The van der Waals surface area contributed by atoms with Crippen LogP contribution in [-0.4, -0.2) is 30.4 Å². The van der Waals surface area contributed by atoms with Crippen molar-refractivity contribution in [2.24, 2.45) is 0 Å². The first-order valence-corrected chi connectivity index (χ1v) is 7.37. The lowest BCUT2D eigenvalue weighted by Crippen LogP contribution is -2.33. The van der Waals surface area contributed by atoms with E-state index in [2.05, 4.69) is 10.6 Å². The van der Waals surface area contributed by atoms with Gasteiger partial charge in [0.15, 0.2) is 0 Å². The van der Waals surface area contributed by atoms with Gasteiger partial charge in [-0.2, -0.15) is 13.2 Å². The van der Waals surface area contributed by atoms with E-state index >= 15 is 0 Å². The number of hydrogen-bond acceptors (Lipinski definition) is 3. The zero-order chi connectivity index (χ0) is 19.2. The van der Waals surface area contributed by atoms with Crippen molar-refractivity contribution < 1.29 is 27.6 Å². The molecule has 0 aromatic heterocycles. The summed E-state index contributed by atoms with van der Waals surface area (Å²) >= 11 is 0. The molecule has 0 unspecified atom stereocenters. The summed E-state index contributed by atoms with van der Waals surface area (Å²) in [7, 11) is 0.